The number of hydrogen-bond acceptors (Lipinski definition) is 5. The third-order valence-corrected chi connectivity index (χ3v) is 7.72. The number of rotatable bonds is 7. The lowest BCUT2D eigenvalue weighted by molar-refractivity contribution is -0.140. The summed E-state index contributed by atoms with van der Waals surface area (Å²) in [5.74, 6) is -1.17. The molecule has 1 atom stereocenters. The number of amides is 4. The molecule has 36 heavy (non-hydrogen) atoms. The van der Waals surface area contributed by atoms with Gasteiger partial charge >= 0.3 is 0 Å². The van der Waals surface area contributed by atoms with Crippen LogP contribution < -0.4 is 10.7 Å². The average Bonchev–Trinajstić information content (AvgIpc) is 3.35. The predicted molar refractivity (Wildman–Crippen MR) is 136 cm³/mol. The van der Waals surface area contributed by atoms with E-state index in [0.29, 0.717) is 18.5 Å². The van der Waals surface area contributed by atoms with Crippen molar-refractivity contribution in [1.82, 2.24) is 20.7 Å². The highest BCUT2D eigenvalue weighted by Gasteiger charge is 2.39. The molecule has 1 aromatic rings. The molecule has 1 aliphatic heterocycles. The number of benzene rings is 1. The lowest BCUT2D eigenvalue weighted by Gasteiger charge is -2.31. The van der Waals surface area contributed by atoms with Crippen molar-refractivity contribution in [2.75, 3.05) is 0 Å². The first-order valence-electron chi connectivity index (χ1n) is 13.5. The maximum Gasteiger partial charge on any atom is 0.267 e. The number of carbonyl (C=O) groups excluding carboxylic acids is 4. The Bertz CT molecular complexity index is 981. The fourth-order valence-corrected chi connectivity index (χ4v) is 5.72. The van der Waals surface area contributed by atoms with E-state index in [-0.39, 0.29) is 36.0 Å². The minimum atomic E-state index is -0.578. The summed E-state index contributed by atoms with van der Waals surface area (Å²) < 4.78 is 0. The van der Waals surface area contributed by atoms with Gasteiger partial charge in [-0.05, 0) is 31.2 Å². The van der Waals surface area contributed by atoms with Crippen LogP contribution in [-0.2, 0) is 19.2 Å². The van der Waals surface area contributed by atoms with E-state index in [1.165, 1.54) is 9.91 Å². The van der Waals surface area contributed by atoms with Gasteiger partial charge in [0.15, 0.2) is 0 Å². The van der Waals surface area contributed by atoms with Gasteiger partial charge in [0.1, 0.15) is 5.57 Å². The molecule has 2 saturated carbocycles. The first-order chi connectivity index (χ1) is 17.5. The molecule has 4 rings (SSSR count). The zero-order valence-corrected chi connectivity index (χ0v) is 21.2. The van der Waals surface area contributed by atoms with Crippen LogP contribution in [-0.4, -0.2) is 46.1 Å². The maximum atomic E-state index is 13.9. The topological polar surface area (TPSA) is 98.8 Å². The molecule has 8 heteroatoms. The van der Waals surface area contributed by atoms with Gasteiger partial charge in [0.2, 0.25) is 12.3 Å². The molecule has 1 saturated heterocycles. The van der Waals surface area contributed by atoms with E-state index in [0.717, 1.165) is 69.8 Å². The fraction of sp³-hybridized carbons (Fsp3) is 0.571. The SMILES string of the molecule is CCC(=O)N1N/C(=C(\C(=O)NC2CCCCC2)C(=O)N(C=O)C2CCCCC2)CC1c1ccccc1. The summed E-state index contributed by atoms with van der Waals surface area (Å²) in [7, 11) is 0. The molecule has 3 fully saturated rings. The van der Waals surface area contributed by atoms with Gasteiger partial charge in [0, 0.05) is 24.9 Å². The van der Waals surface area contributed by atoms with Crippen LogP contribution in [0.5, 0.6) is 0 Å². The van der Waals surface area contributed by atoms with Crippen LogP contribution in [0.15, 0.2) is 41.6 Å². The first kappa shape index (κ1) is 25.9. The van der Waals surface area contributed by atoms with Crippen molar-refractivity contribution in [2.45, 2.75) is 102 Å². The molecule has 3 aliphatic rings. The number of nitrogens with one attached hydrogen (secondary N) is 2. The van der Waals surface area contributed by atoms with Crippen molar-refractivity contribution in [3.05, 3.63) is 47.2 Å². The second kappa shape index (κ2) is 12.2. The van der Waals surface area contributed by atoms with E-state index in [2.05, 4.69) is 10.7 Å². The Morgan fingerprint density at radius 2 is 1.64 bits per heavy atom. The highest BCUT2D eigenvalue weighted by molar-refractivity contribution is 6.21. The molecule has 8 nitrogen and oxygen atoms in total. The van der Waals surface area contributed by atoms with Gasteiger partial charge < -0.3 is 5.32 Å². The molecule has 0 aromatic heterocycles. The first-order valence-corrected chi connectivity index (χ1v) is 13.5. The molecule has 194 valence electrons. The van der Waals surface area contributed by atoms with Crippen molar-refractivity contribution in [2.24, 2.45) is 0 Å². The monoisotopic (exact) mass is 494 g/mol. The zero-order valence-electron chi connectivity index (χ0n) is 21.2. The minimum Gasteiger partial charge on any atom is -0.349 e. The quantitative estimate of drug-likeness (QED) is 0.259. The summed E-state index contributed by atoms with van der Waals surface area (Å²) in [6, 6.07) is 9.06. The summed E-state index contributed by atoms with van der Waals surface area (Å²) in [5.41, 5.74) is 4.37. The highest BCUT2D eigenvalue weighted by Crippen LogP contribution is 2.35. The van der Waals surface area contributed by atoms with Crippen LogP contribution in [0.1, 0.15) is 95.6 Å². The van der Waals surface area contributed by atoms with E-state index < -0.39 is 11.8 Å². The van der Waals surface area contributed by atoms with Crippen molar-refractivity contribution in [3.8, 4) is 0 Å². The van der Waals surface area contributed by atoms with Gasteiger partial charge in [-0.15, -0.1) is 0 Å². The van der Waals surface area contributed by atoms with Crippen molar-refractivity contribution >= 4 is 24.1 Å². The standard InChI is InChI=1S/C28H38N4O4/c1-2-25(34)32-24(20-12-6-3-7-13-20)18-23(30-32)26(27(35)29-21-14-8-4-9-15-21)28(36)31(19-33)22-16-10-5-11-17-22/h3,6-7,12-13,19,21-22,24,30H,2,4-5,8-11,14-18H2,1H3,(H,29,35)/b26-23+. The second-order valence-corrected chi connectivity index (χ2v) is 10.1. The van der Waals surface area contributed by atoms with Crippen LogP contribution in [0.25, 0.3) is 0 Å². The van der Waals surface area contributed by atoms with Crippen LogP contribution in [0.2, 0.25) is 0 Å². The minimum absolute atomic E-state index is 0.00807. The lowest BCUT2D eigenvalue weighted by atomic mass is 9.93. The van der Waals surface area contributed by atoms with Crippen molar-refractivity contribution < 1.29 is 19.2 Å². The number of nitrogens with zero attached hydrogens (tertiary/aromatic N) is 2. The second-order valence-electron chi connectivity index (χ2n) is 10.1. The Kier molecular flexibility index (Phi) is 8.78. The van der Waals surface area contributed by atoms with Gasteiger partial charge in [-0.1, -0.05) is 75.8 Å². The lowest BCUT2D eigenvalue weighted by Crippen LogP contribution is -2.47. The Labute approximate surface area is 213 Å². The maximum absolute atomic E-state index is 13.9. The van der Waals surface area contributed by atoms with Crippen molar-refractivity contribution in [1.29, 1.82) is 0 Å². The van der Waals surface area contributed by atoms with Crippen LogP contribution in [0.4, 0.5) is 0 Å². The third-order valence-electron chi connectivity index (χ3n) is 7.72. The predicted octanol–water partition coefficient (Wildman–Crippen LogP) is 3.90. The number of hydrogen-bond donors (Lipinski definition) is 2. The average molecular weight is 495 g/mol. The third kappa shape index (κ3) is 5.79. The molecular weight excluding hydrogens is 456 g/mol. The summed E-state index contributed by atoms with van der Waals surface area (Å²) in [6.45, 7) is 1.78. The fourth-order valence-electron chi connectivity index (χ4n) is 5.72. The Morgan fingerprint density at radius 1 is 1.00 bits per heavy atom. The van der Waals surface area contributed by atoms with Gasteiger partial charge in [0.25, 0.3) is 11.8 Å². The summed E-state index contributed by atoms with van der Waals surface area (Å²) >= 11 is 0. The molecule has 0 radical (unpaired) electrons. The summed E-state index contributed by atoms with van der Waals surface area (Å²) in [5, 5.41) is 4.59. The van der Waals surface area contributed by atoms with Crippen molar-refractivity contribution in [3.63, 3.8) is 0 Å². The van der Waals surface area contributed by atoms with E-state index in [4.69, 9.17) is 0 Å². The van der Waals surface area contributed by atoms with Gasteiger partial charge in [0.05, 0.1) is 11.7 Å². The highest BCUT2D eigenvalue weighted by atomic mass is 16.2. The number of carbonyl (C=O) groups is 4. The molecule has 0 bridgehead atoms. The normalized spacial score (nSPS) is 22.5. The van der Waals surface area contributed by atoms with Crippen LogP contribution >= 0.6 is 0 Å². The largest absolute Gasteiger partial charge is 0.349 e. The number of imide groups is 1. The van der Waals surface area contributed by atoms with E-state index in [9.17, 15) is 19.2 Å². The molecule has 1 heterocycles. The molecule has 0 spiro atoms. The molecule has 1 unspecified atom stereocenters. The Hall–Kier alpha value is -3.16. The Morgan fingerprint density at radius 3 is 2.25 bits per heavy atom. The van der Waals surface area contributed by atoms with Crippen LogP contribution in [0, 0.1) is 0 Å². The van der Waals surface area contributed by atoms with Gasteiger partial charge in [-0.3, -0.25) is 29.5 Å². The van der Waals surface area contributed by atoms with Crippen LogP contribution in [0.3, 0.4) is 0 Å². The number of hydrazine groups is 1. The zero-order chi connectivity index (χ0) is 25.5. The summed E-state index contributed by atoms with van der Waals surface area (Å²) in [4.78, 5) is 53.7. The molecule has 2 aliphatic carbocycles. The smallest absolute Gasteiger partial charge is 0.267 e. The molecular formula is C28H38N4O4. The van der Waals surface area contributed by atoms with E-state index >= 15 is 0 Å². The Balaban J connectivity index is 1.70. The van der Waals surface area contributed by atoms with Gasteiger partial charge in [-0.25, -0.2) is 5.01 Å². The van der Waals surface area contributed by atoms with E-state index in [1.54, 1.807) is 6.92 Å². The van der Waals surface area contributed by atoms with E-state index in [1.807, 2.05) is 30.3 Å². The molecule has 2 N–H and O–H groups in total. The molecule has 4 amide bonds. The summed E-state index contributed by atoms with van der Waals surface area (Å²) in [6.07, 6.45) is 10.6. The molecule has 1 aromatic carbocycles. The van der Waals surface area contributed by atoms with Gasteiger partial charge in [-0.2, -0.15) is 0 Å².